The highest BCUT2D eigenvalue weighted by Gasteiger charge is 2.37. The van der Waals surface area contributed by atoms with Gasteiger partial charge in [0.15, 0.2) is 5.76 Å². The number of hydrogen-bond acceptors (Lipinski definition) is 6. The second-order valence-electron chi connectivity index (χ2n) is 7.27. The highest BCUT2D eigenvalue weighted by atomic mass is 32.2. The quantitative estimate of drug-likeness (QED) is 0.714. The third kappa shape index (κ3) is 5.20. The molecule has 0 radical (unpaired) electrons. The molecule has 0 aliphatic carbocycles. The van der Waals surface area contributed by atoms with Crippen LogP contribution in [0, 0.1) is 12.8 Å². The first kappa shape index (κ1) is 21.8. The van der Waals surface area contributed by atoms with E-state index in [-0.39, 0.29) is 28.0 Å². The average Bonchev–Trinajstić information content (AvgIpc) is 3.27. The van der Waals surface area contributed by atoms with Gasteiger partial charge in [0.2, 0.25) is 15.8 Å². The van der Waals surface area contributed by atoms with Crippen molar-refractivity contribution in [3.63, 3.8) is 0 Å². The molecule has 0 saturated carbocycles. The van der Waals surface area contributed by atoms with Gasteiger partial charge in [-0.05, 0) is 45.2 Å². The fourth-order valence-corrected chi connectivity index (χ4v) is 4.82. The van der Waals surface area contributed by atoms with Crippen LogP contribution in [0.3, 0.4) is 0 Å². The number of rotatable bonds is 7. The van der Waals surface area contributed by atoms with E-state index in [1.165, 1.54) is 13.0 Å². The summed E-state index contributed by atoms with van der Waals surface area (Å²) in [5.41, 5.74) is -0.218. The van der Waals surface area contributed by atoms with Crippen LogP contribution in [0.1, 0.15) is 37.7 Å². The van der Waals surface area contributed by atoms with Gasteiger partial charge in [-0.25, -0.2) is 13.1 Å². The second-order valence-corrected chi connectivity index (χ2v) is 9.00. The number of likely N-dealkylation sites (tertiary alicyclic amines) is 1. The molecule has 3 rings (SSSR count). The molecule has 7 nitrogen and oxygen atoms in total. The van der Waals surface area contributed by atoms with Crippen molar-refractivity contribution < 1.29 is 30.5 Å². The molecule has 2 aromatic rings. The van der Waals surface area contributed by atoms with Gasteiger partial charge in [0, 0.05) is 25.2 Å². The Morgan fingerprint density at radius 3 is 2.76 bits per heavy atom. The molecule has 1 atom stereocenters. The lowest BCUT2D eigenvalue weighted by Crippen LogP contribution is -2.41. The molecule has 1 N–H and O–H groups in total. The third-order valence-corrected chi connectivity index (χ3v) is 6.44. The largest absolute Gasteiger partial charge is 0.458 e. The van der Waals surface area contributed by atoms with Gasteiger partial charge in [-0.1, -0.05) is 12.1 Å². The Kier molecular flexibility index (Phi) is 6.39. The molecule has 0 aromatic carbocycles. The first-order valence-corrected chi connectivity index (χ1v) is 10.9. The maximum Gasteiger partial charge on any atom is 0.452 e. The van der Waals surface area contributed by atoms with Gasteiger partial charge in [-0.2, -0.15) is 13.2 Å². The summed E-state index contributed by atoms with van der Waals surface area (Å²) >= 11 is 0. The van der Waals surface area contributed by atoms with Gasteiger partial charge in [0.05, 0.1) is 0 Å². The van der Waals surface area contributed by atoms with Crippen LogP contribution in [0.15, 0.2) is 26.0 Å². The molecule has 1 saturated heterocycles. The molecule has 1 fully saturated rings. The van der Waals surface area contributed by atoms with Crippen molar-refractivity contribution in [1.29, 1.82) is 0 Å². The van der Waals surface area contributed by atoms with Gasteiger partial charge in [0.25, 0.3) is 0 Å². The van der Waals surface area contributed by atoms with Crippen LogP contribution in [0.2, 0.25) is 0 Å². The molecule has 11 heteroatoms. The lowest BCUT2D eigenvalue weighted by molar-refractivity contribution is -0.155. The maximum absolute atomic E-state index is 12.7. The predicted molar refractivity (Wildman–Crippen MR) is 98.6 cm³/mol. The highest BCUT2D eigenvalue weighted by Crippen LogP contribution is 2.34. The molecule has 0 bridgehead atoms. The van der Waals surface area contributed by atoms with Crippen LogP contribution in [-0.4, -0.2) is 44.7 Å². The number of nitrogens with zero attached hydrogens (tertiary/aromatic N) is 2. The summed E-state index contributed by atoms with van der Waals surface area (Å²) in [5, 5.41) is 3.33. The Bertz CT molecular complexity index is 935. The zero-order valence-corrected chi connectivity index (χ0v) is 17.1. The summed E-state index contributed by atoms with van der Waals surface area (Å²) in [6.45, 7) is 6.70. The van der Waals surface area contributed by atoms with Crippen molar-refractivity contribution in [3.05, 3.63) is 23.7 Å². The van der Waals surface area contributed by atoms with Crippen LogP contribution in [0.25, 0.3) is 11.5 Å². The molecule has 162 valence electrons. The zero-order valence-electron chi connectivity index (χ0n) is 16.3. The van der Waals surface area contributed by atoms with Crippen molar-refractivity contribution in [2.24, 2.45) is 5.92 Å². The minimum Gasteiger partial charge on any atom is -0.458 e. The third-order valence-electron chi connectivity index (χ3n) is 4.91. The number of piperidine rings is 1. The Hall–Kier alpha value is -1.85. The zero-order chi connectivity index (χ0) is 21.2. The van der Waals surface area contributed by atoms with E-state index >= 15 is 0 Å². The van der Waals surface area contributed by atoms with E-state index in [0.29, 0.717) is 12.6 Å². The van der Waals surface area contributed by atoms with Crippen molar-refractivity contribution in [1.82, 2.24) is 14.8 Å². The predicted octanol–water partition coefficient (Wildman–Crippen LogP) is 3.66. The van der Waals surface area contributed by atoms with Crippen molar-refractivity contribution >= 4 is 10.0 Å². The fraction of sp³-hybridized carbons (Fsp3) is 0.611. The molecular formula is C18H24F3N3O4S. The molecule has 1 aliphatic rings. The second kappa shape index (κ2) is 8.49. The highest BCUT2D eigenvalue weighted by molar-refractivity contribution is 7.89. The molecule has 0 unspecified atom stereocenters. The number of hydrogen-bond donors (Lipinski definition) is 1. The SMILES string of the molecule is CCCN1CCC[C@@H](CNS(=O)(=O)c2cc(-c3cc(C(F)(F)F)on3)oc2C)C1. The van der Waals surface area contributed by atoms with Crippen LogP contribution in [-0.2, 0) is 16.2 Å². The summed E-state index contributed by atoms with van der Waals surface area (Å²) in [6.07, 6.45) is -1.67. The fourth-order valence-electron chi connectivity index (χ4n) is 3.53. The molecule has 1 aliphatic heterocycles. The van der Waals surface area contributed by atoms with Crippen molar-refractivity contribution in [3.8, 4) is 11.5 Å². The summed E-state index contributed by atoms with van der Waals surface area (Å²) in [6, 6.07) is 1.84. The Balaban J connectivity index is 1.70. The first-order chi connectivity index (χ1) is 13.6. The van der Waals surface area contributed by atoms with Crippen LogP contribution < -0.4 is 4.72 Å². The van der Waals surface area contributed by atoms with Gasteiger partial charge in [-0.15, -0.1) is 0 Å². The van der Waals surface area contributed by atoms with Crippen molar-refractivity contribution in [2.45, 2.75) is 44.2 Å². The Morgan fingerprint density at radius 1 is 1.34 bits per heavy atom. The first-order valence-electron chi connectivity index (χ1n) is 9.47. The monoisotopic (exact) mass is 435 g/mol. The number of sulfonamides is 1. The van der Waals surface area contributed by atoms with Crippen molar-refractivity contribution in [2.75, 3.05) is 26.2 Å². The van der Waals surface area contributed by atoms with Gasteiger partial charge in [0.1, 0.15) is 16.3 Å². The van der Waals surface area contributed by atoms with Crippen LogP contribution >= 0.6 is 0 Å². The molecule has 0 spiro atoms. The van der Waals surface area contributed by atoms with E-state index in [4.69, 9.17) is 4.42 Å². The number of aryl methyl sites for hydroxylation is 1. The normalized spacial score (nSPS) is 19.0. The topological polar surface area (TPSA) is 88.6 Å². The minimum atomic E-state index is -4.69. The summed E-state index contributed by atoms with van der Waals surface area (Å²) in [7, 11) is -3.87. The standard InChI is InChI=1S/C18H24F3N3O4S/c1-3-6-24-7-4-5-13(11-24)10-22-29(25,26)16-9-15(27-12(16)2)14-8-17(28-23-14)18(19,20)21/h8-9,13,22H,3-7,10-11H2,1-2H3/t13-/m0/s1. The van der Waals surface area contributed by atoms with Gasteiger partial charge in [-0.3, -0.25) is 0 Å². The summed E-state index contributed by atoms with van der Waals surface area (Å²) < 4.78 is 75.6. The molecule has 3 heterocycles. The van der Waals surface area contributed by atoms with E-state index in [9.17, 15) is 21.6 Å². The lowest BCUT2D eigenvalue weighted by atomic mass is 9.98. The summed E-state index contributed by atoms with van der Waals surface area (Å²) in [4.78, 5) is 2.21. The Morgan fingerprint density at radius 2 is 2.10 bits per heavy atom. The van der Waals surface area contributed by atoms with Crippen LogP contribution in [0.5, 0.6) is 0 Å². The number of aromatic nitrogens is 1. The Labute approximate surface area is 167 Å². The van der Waals surface area contributed by atoms with E-state index in [1.807, 2.05) is 0 Å². The van der Waals surface area contributed by atoms with E-state index in [0.717, 1.165) is 38.9 Å². The number of alkyl halides is 3. The van der Waals surface area contributed by atoms with E-state index in [1.54, 1.807) is 0 Å². The maximum atomic E-state index is 12.7. The van der Waals surface area contributed by atoms with Gasteiger partial charge < -0.3 is 13.8 Å². The molecule has 29 heavy (non-hydrogen) atoms. The molecule has 2 aromatic heterocycles. The van der Waals surface area contributed by atoms with E-state index < -0.39 is 22.0 Å². The lowest BCUT2D eigenvalue weighted by Gasteiger charge is -2.32. The minimum absolute atomic E-state index is 0.0697. The van der Waals surface area contributed by atoms with Crippen LogP contribution in [0.4, 0.5) is 13.2 Å². The van der Waals surface area contributed by atoms with Gasteiger partial charge >= 0.3 is 6.18 Å². The molecule has 0 amide bonds. The van der Waals surface area contributed by atoms with E-state index in [2.05, 4.69) is 26.2 Å². The average molecular weight is 435 g/mol. The number of halogens is 3. The number of nitrogens with one attached hydrogen (secondary N) is 1. The summed E-state index contributed by atoms with van der Waals surface area (Å²) in [5.74, 6) is -1.10. The number of furan rings is 1. The smallest absolute Gasteiger partial charge is 0.452 e. The molecular weight excluding hydrogens is 411 g/mol.